The number of aryl methyl sites for hydroxylation is 1. The number of carboxylic acids is 1. The molecule has 0 spiro atoms. The number of hydrogen-bond donors (Lipinski definition) is 2. The van der Waals surface area contributed by atoms with Gasteiger partial charge in [0.2, 0.25) is 0 Å². The first kappa shape index (κ1) is 15.7. The first-order valence-electron chi connectivity index (χ1n) is 6.44. The van der Waals surface area contributed by atoms with Gasteiger partial charge < -0.3 is 10.4 Å². The molecule has 2 aromatic rings. The molecule has 0 bridgehead atoms. The highest BCUT2D eigenvalue weighted by molar-refractivity contribution is 7.22. The fourth-order valence-electron chi connectivity index (χ4n) is 1.71. The SMILES string of the molecule is CCC(C)(NC(=O)c1sc(-c2cccs2)nc1C)C(=O)O. The smallest absolute Gasteiger partial charge is 0.329 e. The summed E-state index contributed by atoms with van der Waals surface area (Å²) in [5, 5.41) is 14.5. The first-order chi connectivity index (χ1) is 9.87. The van der Waals surface area contributed by atoms with Gasteiger partial charge in [-0.05, 0) is 31.7 Å². The molecule has 0 saturated carbocycles. The number of rotatable bonds is 5. The van der Waals surface area contributed by atoms with Gasteiger partial charge >= 0.3 is 5.97 Å². The minimum Gasteiger partial charge on any atom is -0.480 e. The maximum Gasteiger partial charge on any atom is 0.329 e. The molecule has 0 radical (unpaired) electrons. The average molecular weight is 324 g/mol. The van der Waals surface area contributed by atoms with E-state index in [1.54, 1.807) is 25.2 Å². The standard InChI is InChI=1S/C14H16N2O3S2/c1-4-14(3,13(18)19)16-11(17)10-8(2)15-12(21-10)9-6-5-7-20-9/h5-7H,4H2,1-3H3,(H,16,17)(H,18,19). The monoisotopic (exact) mass is 324 g/mol. The molecule has 0 aliphatic rings. The summed E-state index contributed by atoms with van der Waals surface area (Å²) in [6.45, 7) is 4.99. The molecule has 2 rings (SSSR count). The van der Waals surface area contributed by atoms with Crippen molar-refractivity contribution in [2.24, 2.45) is 0 Å². The Balaban J connectivity index is 2.26. The number of amides is 1. The summed E-state index contributed by atoms with van der Waals surface area (Å²) < 4.78 is 0. The largest absolute Gasteiger partial charge is 0.480 e. The van der Waals surface area contributed by atoms with Crippen molar-refractivity contribution in [1.29, 1.82) is 0 Å². The molecule has 2 N–H and O–H groups in total. The summed E-state index contributed by atoms with van der Waals surface area (Å²) >= 11 is 2.84. The summed E-state index contributed by atoms with van der Waals surface area (Å²) in [5.74, 6) is -1.43. The predicted molar refractivity (Wildman–Crippen MR) is 84.0 cm³/mol. The molecule has 0 fully saturated rings. The lowest BCUT2D eigenvalue weighted by molar-refractivity contribution is -0.143. The molecule has 0 saturated heterocycles. The molecule has 1 amide bonds. The predicted octanol–water partition coefficient (Wildman–Crippen LogP) is 3.16. The number of hydrogen-bond acceptors (Lipinski definition) is 5. The Bertz CT molecular complexity index is 664. The number of thiophene rings is 1. The molecular weight excluding hydrogens is 308 g/mol. The fraction of sp³-hybridized carbons (Fsp3) is 0.357. The minimum atomic E-state index is -1.27. The van der Waals surface area contributed by atoms with Crippen molar-refractivity contribution in [3.8, 4) is 9.88 Å². The van der Waals surface area contributed by atoms with Crippen molar-refractivity contribution < 1.29 is 14.7 Å². The summed E-state index contributed by atoms with van der Waals surface area (Å²) in [4.78, 5) is 29.4. The van der Waals surface area contributed by atoms with Crippen LogP contribution in [0.2, 0.25) is 0 Å². The van der Waals surface area contributed by atoms with Gasteiger partial charge in [0.1, 0.15) is 15.4 Å². The zero-order valence-corrected chi connectivity index (χ0v) is 13.6. The topological polar surface area (TPSA) is 79.3 Å². The van der Waals surface area contributed by atoms with Crippen LogP contribution in [0, 0.1) is 6.92 Å². The van der Waals surface area contributed by atoms with E-state index in [0.717, 1.165) is 9.88 Å². The van der Waals surface area contributed by atoms with E-state index in [4.69, 9.17) is 0 Å². The van der Waals surface area contributed by atoms with Crippen LogP contribution in [0.3, 0.4) is 0 Å². The van der Waals surface area contributed by atoms with Gasteiger partial charge in [-0.15, -0.1) is 22.7 Å². The molecule has 7 heteroatoms. The van der Waals surface area contributed by atoms with Crippen LogP contribution in [0.15, 0.2) is 17.5 Å². The second kappa shape index (κ2) is 5.95. The molecule has 0 aliphatic heterocycles. The molecule has 0 aliphatic carbocycles. The van der Waals surface area contributed by atoms with Gasteiger partial charge in [-0.3, -0.25) is 4.79 Å². The Morgan fingerprint density at radius 1 is 1.48 bits per heavy atom. The molecule has 1 atom stereocenters. The van der Waals surface area contributed by atoms with Crippen molar-refractivity contribution >= 4 is 34.6 Å². The normalized spacial score (nSPS) is 13.7. The quantitative estimate of drug-likeness (QED) is 0.885. The highest BCUT2D eigenvalue weighted by Gasteiger charge is 2.34. The van der Waals surface area contributed by atoms with Gasteiger partial charge in [-0.2, -0.15) is 0 Å². The minimum absolute atomic E-state index is 0.309. The van der Waals surface area contributed by atoms with E-state index in [0.29, 0.717) is 17.0 Å². The second-order valence-corrected chi connectivity index (χ2v) is 6.80. The highest BCUT2D eigenvalue weighted by Crippen LogP contribution is 2.31. The maximum absolute atomic E-state index is 12.3. The van der Waals surface area contributed by atoms with Crippen LogP contribution in [-0.2, 0) is 4.79 Å². The Hall–Kier alpha value is -1.73. The third-order valence-electron chi connectivity index (χ3n) is 3.30. The lowest BCUT2D eigenvalue weighted by Gasteiger charge is -2.24. The lowest BCUT2D eigenvalue weighted by Crippen LogP contribution is -2.51. The second-order valence-electron chi connectivity index (χ2n) is 4.86. The highest BCUT2D eigenvalue weighted by atomic mass is 32.1. The number of aliphatic carboxylic acids is 1. The third kappa shape index (κ3) is 3.14. The van der Waals surface area contributed by atoms with Crippen LogP contribution in [0.5, 0.6) is 0 Å². The van der Waals surface area contributed by atoms with E-state index in [2.05, 4.69) is 10.3 Å². The number of carbonyl (C=O) groups is 2. The summed E-state index contributed by atoms with van der Waals surface area (Å²) in [7, 11) is 0. The van der Waals surface area contributed by atoms with Crippen molar-refractivity contribution in [1.82, 2.24) is 10.3 Å². The van der Waals surface area contributed by atoms with E-state index < -0.39 is 11.5 Å². The van der Waals surface area contributed by atoms with E-state index >= 15 is 0 Å². The number of nitrogens with one attached hydrogen (secondary N) is 1. The summed E-state index contributed by atoms with van der Waals surface area (Å²) in [5.41, 5.74) is -0.652. The number of thiazole rings is 1. The zero-order valence-electron chi connectivity index (χ0n) is 12.0. The van der Waals surface area contributed by atoms with Gasteiger partial charge in [-0.25, -0.2) is 9.78 Å². The van der Waals surface area contributed by atoms with Gasteiger partial charge in [0, 0.05) is 0 Å². The van der Waals surface area contributed by atoms with Crippen LogP contribution in [-0.4, -0.2) is 27.5 Å². The molecule has 112 valence electrons. The van der Waals surface area contributed by atoms with Crippen LogP contribution in [0.25, 0.3) is 9.88 Å². The van der Waals surface area contributed by atoms with Gasteiger partial charge in [0.05, 0.1) is 10.6 Å². The molecule has 21 heavy (non-hydrogen) atoms. The van der Waals surface area contributed by atoms with Crippen molar-refractivity contribution in [3.63, 3.8) is 0 Å². The molecular formula is C14H16N2O3S2. The Morgan fingerprint density at radius 3 is 2.71 bits per heavy atom. The van der Waals surface area contributed by atoms with Crippen LogP contribution in [0.4, 0.5) is 0 Å². The number of nitrogens with zero attached hydrogens (tertiary/aromatic N) is 1. The molecule has 5 nitrogen and oxygen atoms in total. The number of aromatic nitrogens is 1. The van der Waals surface area contributed by atoms with E-state index in [9.17, 15) is 14.7 Å². The van der Waals surface area contributed by atoms with Gasteiger partial charge in [0.15, 0.2) is 0 Å². The Labute approximate surface area is 130 Å². The third-order valence-corrected chi connectivity index (χ3v) is 5.50. The van der Waals surface area contributed by atoms with Gasteiger partial charge in [-0.1, -0.05) is 13.0 Å². The fourth-order valence-corrected chi connectivity index (χ4v) is 3.47. The van der Waals surface area contributed by atoms with Crippen LogP contribution in [0.1, 0.15) is 35.6 Å². The number of carbonyl (C=O) groups excluding carboxylic acids is 1. The molecule has 0 aromatic carbocycles. The first-order valence-corrected chi connectivity index (χ1v) is 8.14. The zero-order chi connectivity index (χ0) is 15.6. The van der Waals surface area contributed by atoms with E-state index in [1.165, 1.54) is 18.3 Å². The van der Waals surface area contributed by atoms with Crippen LogP contribution < -0.4 is 5.32 Å². The Kier molecular flexibility index (Phi) is 4.43. The van der Waals surface area contributed by atoms with E-state index in [-0.39, 0.29) is 5.91 Å². The summed E-state index contributed by atoms with van der Waals surface area (Å²) in [6.07, 6.45) is 0.309. The van der Waals surface area contributed by atoms with E-state index in [1.807, 2.05) is 17.5 Å². The summed E-state index contributed by atoms with van der Waals surface area (Å²) in [6, 6.07) is 3.87. The van der Waals surface area contributed by atoms with Gasteiger partial charge in [0.25, 0.3) is 5.91 Å². The lowest BCUT2D eigenvalue weighted by atomic mass is 9.99. The Morgan fingerprint density at radius 2 is 2.19 bits per heavy atom. The van der Waals surface area contributed by atoms with Crippen LogP contribution >= 0.6 is 22.7 Å². The average Bonchev–Trinajstić information content (AvgIpc) is 3.06. The van der Waals surface area contributed by atoms with Crippen molar-refractivity contribution in [3.05, 3.63) is 28.1 Å². The molecule has 2 aromatic heterocycles. The van der Waals surface area contributed by atoms with Crippen molar-refractivity contribution in [2.75, 3.05) is 0 Å². The molecule has 2 heterocycles. The number of carboxylic acid groups (broad SMARTS) is 1. The maximum atomic E-state index is 12.3. The molecule has 1 unspecified atom stereocenters. The van der Waals surface area contributed by atoms with Crippen molar-refractivity contribution in [2.45, 2.75) is 32.7 Å².